The van der Waals surface area contributed by atoms with Gasteiger partial charge in [-0.05, 0) is 24.7 Å². The van der Waals surface area contributed by atoms with Crippen LogP contribution in [-0.4, -0.2) is 20.4 Å². The SMILES string of the molecule is CS(=O)(=O)C[C@H]1CC[C@H](C)CC1. The predicted molar refractivity (Wildman–Crippen MR) is 50.8 cm³/mol. The van der Waals surface area contributed by atoms with E-state index in [1.807, 2.05) is 0 Å². The molecular formula is C9H18O2S. The van der Waals surface area contributed by atoms with E-state index < -0.39 is 9.84 Å². The highest BCUT2D eigenvalue weighted by atomic mass is 32.2. The first-order valence-corrected chi connectivity index (χ1v) is 6.71. The number of rotatable bonds is 2. The maximum Gasteiger partial charge on any atom is 0.147 e. The van der Waals surface area contributed by atoms with Crippen molar-refractivity contribution in [1.29, 1.82) is 0 Å². The zero-order valence-electron chi connectivity index (χ0n) is 7.91. The van der Waals surface area contributed by atoms with Crippen LogP contribution in [0.4, 0.5) is 0 Å². The Bertz CT molecular complexity index is 223. The summed E-state index contributed by atoms with van der Waals surface area (Å²) in [5.74, 6) is 1.65. The van der Waals surface area contributed by atoms with Gasteiger partial charge in [-0.25, -0.2) is 8.42 Å². The zero-order valence-corrected chi connectivity index (χ0v) is 8.73. The Balaban J connectivity index is 2.36. The highest BCUT2D eigenvalue weighted by molar-refractivity contribution is 7.90. The zero-order chi connectivity index (χ0) is 9.19. The number of hydrogen-bond acceptors (Lipinski definition) is 2. The highest BCUT2D eigenvalue weighted by Crippen LogP contribution is 2.28. The number of hydrogen-bond donors (Lipinski definition) is 0. The lowest BCUT2D eigenvalue weighted by atomic mass is 9.84. The molecule has 0 aliphatic heterocycles. The molecule has 12 heavy (non-hydrogen) atoms. The van der Waals surface area contributed by atoms with Crippen molar-refractivity contribution in [2.24, 2.45) is 11.8 Å². The third-order valence-corrected chi connectivity index (χ3v) is 3.75. The van der Waals surface area contributed by atoms with E-state index in [9.17, 15) is 8.42 Å². The monoisotopic (exact) mass is 190 g/mol. The van der Waals surface area contributed by atoms with Crippen molar-refractivity contribution in [1.82, 2.24) is 0 Å². The molecule has 72 valence electrons. The second kappa shape index (κ2) is 3.77. The molecule has 0 aromatic carbocycles. The van der Waals surface area contributed by atoms with Gasteiger partial charge in [0.1, 0.15) is 9.84 Å². The Morgan fingerprint density at radius 1 is 1.17 bits per heavy atom. The summed E-state index contributed by atoms with van der Waals surface area (Å²) in [5.41, 5.74) is 0. The molecule has 0 aromatic rings. The van der Waals surface area contributed by atoms with E-state index in [2.05, 4.69) is 6.92 Å². The second-order valence-electron chi connectivity index (χ2n) is 4.22. The lowest BCUT2D eigenvalue weighted by molar-refractivity contribution is 0.309. The average molecular weight is 190 g/mol. The Kier molecular flexibility index (Phi) is 3.16. The van der Waals surface area contributed by atoms with Crippen LogP contribution in [0.25, 0.3) is 0 Å². The largest absolute Gasteiger partial charge is 0.229 e. The van der Waals surface area contributed by atoms with Crippen LogP contribution < -0.4 is 0 Å². The minimum absolute atomic E-state index is 0.402. The fourth-order valence-electron chi connectivity index (χ4n) is 1.92. The van der Waals surface area contributed by atoms with Crippen LogP contribution in [0.2, 0.25) is 0 Å². The Morgan fingerprint density at radius 3 is 2.08 bits per heavy atom. The minimum Gasteiger partial charge on any atom is -0.229 e. The summed E-state index contributed by atoms with van der Waals surface area (Å²) in [6.07, 6.45) is 5.97. The van der Waals surface area contributed by atoms with E-state index in [-0.39, 0.29) is 0 Å². The molecule has 2 nitrogen and oxygen atoms in total. The Hall–Kier alpha value is -0.0500. The molecule has 0 atom stereocenters. The molecule has 1 rings (SSSR count). The Labute approximate surface area is 75.3 Å². The summed E-state index contributed by atoms with van der Waals surface area (Å²) in [5, 5.41) is 0. The summed E-state index contributed by atoms with van der Waals surface area (Å²) in [7, 11) is -2.74. The smallest absolute Gasteiger partial charge is 0.147 e. The molecule has 0 heterocycles. The van der Waals surface area contributed by atoms with Gasteiger partial charge in [-0.2, -0.15) is 0 Å². The van der Waals surface area contributed by atoms with Crippen LogP contribution in [-0.2, 0) is 9.84 Å². The van der Waals surface area contributed by atoms with Crippen molar-refractivity contribution >= 4 is 9.84 Å². The van der Waals surface area contributed by atoms with Crippen molar-refractivity contribution < 1.29 is 8.42 Å². The van der Waals surface area contributed by atoms with Gasteiger partial charge in [-0.3, -0.25) is 0 Å². The molecule has 1 fully saturated rings. The van der Waals surface area contributed by atoms with Crippen molar-refractivity contribution in [3.8, 4) is 0 Å². The molecule has 3 heteroatoms. The van der Waals surface area contributed by atoms with Crippen molar-refractivity contribution in [2.45, 2.75) is 32.6 Å². The summed E-state index contributed by atoms with van der Waals surface area (Å²) >= 11 is 0. The van der Waals surface area contributed by atoms with Gasteiger partial charge in [0.15, 0.2) is 0 Å². The molecule has 1 aliphatic rings. The Morgan fingerprint density at radius 2 is 1.67 bits per heavy atom. The fraction of sp³-hybridized carbons (Fsp3) is 1.00. The molecule has 1 saturated carbocycles. The van der Waals surface area contributed by atoms with Gasteiger partial charge in [0.05, 0.1) is 5.75 Å². The molecular weight excluding hydrogens is 172 g/mol. The second-order valence-corrected chi connectivity index (χ2v) is 6.40. The van der Waals surface area contributed by atoms with Crippen LogP contribution in [0.3, 0.4) is 0 Å². The van der Waals surface area contributed by atoms with Crippen LogP contribution in [0.15, 0.2) is 0 Å². The average Bonchev–Trinajstić information content (AvgIpc) is 1.91. The van der Waals surface area contributed by atoms with Gasteiger partial charge >= 0.3 is 0 Å². The maximum atomic E-state index is 11.0. The van der Waals surface area contributed by atoms with Crippen LogP contribution in [0.1, 0.15) is 32.6 Å². The van der Waals surface area contributed by atoms with Gasteiger partial charge in [0.25, 0.3) is 0 Å². The quantitative estimate of drug-likeness (QED) is 0.666. The van der Waals surface area contributed by atoms with Gasteiger partial charge in [-0.15, -0.1) is 0 Å². The van der Waals surface area contributed by atoms with Gasteiger partial charge < -0.3 is 0 Å². The molecule has 0 saturated heterocycles. The van der Waals surface area contributed by atoms with Crippen LogP contribution in [0, 0.1) is 11.8 Å². The molecule has 0 unspecified atom stereocenters. The van der Waals surface area contributed by atoms with E-state index in [0.29, 0.717) is 11.7 Å². The first-order chi connectivity index (χ1) is 5.47. The van der Waals surface area contributed by atoms with Gasteiger partial charge in [0.2, 0.25) is 0 Å². The lowest BCUT2D eigenvalue weighted by Gasteiger charge is -2.25. The standard InChI is InChI=1S/C9H18O2S/c1-8-3-5-9(6-4-8)7-12(2,10)11/h8-9H,3-7H2,1-2H3/t8-,9-. The normalized spacial score (nSPS) is 31.8. The van der Waals surface area contributed by atoms with E-state index >= 15 is 0 Å². The van der Waals surface area contributed by atoms with Gasteiger partial charge in [0, 0.05) is 6.26 Å². The fourth-order valence-corrected chi connectivity index (χ4v) is 3.11. The highest BCUT2D eigenvalue weighted by Gasteiger charge is 2.21. The van der Waals surface area contributed by atoms with Crippen LogP contribution >= 0.6 is 0 Å². The third kappa shape index (κ3) is 3.57. The van der Waals surface area contributed by atoms with Crippen LogP contribution in [0.5, 0.6) is 0 Å². The van der Waals surface area contributed by atoms with Crippen molar-refractivity contribution in [2.75, 3.05) is 12.0 Å². The summed E-state index contributed by atoms with van der Waals surface area (Å²) < 4.78 is 22.0. The maximum absolute atomic E-state index is 11.0. The summed E-state index contributed by atoms with van der Waals surface area (Å²) in [6.45, 7) is 2.25. The first kappa shape index (κ1) is 10.0. The minimum atomic E-state index is -2.74. The van der Waals surface area contributed by atoms with E-state index in [0.717, 1.165) is 18.8 Å². The molecule has 0 spiro atoms. The van der Waals surface area contributed by atoms with E-state index in [4.69, 9.17) is 0 Å². The molecule has 0 N–H and O–H groups in total. The summed E-state index contributed by atoms with van der Waals surface area (Å²) in [6, 6.07) is 0. The summed E-state index contributed by atoms with van der Waals surface area (Å²) in [4.78, 5) is 0. The third-order valence-electron chi connectivity index (χ3n) is 2.67. The first-order valence-electron chi connectivity index (χ1n) is 4.65. The molecule has 0 bridgehead atoms. The predicted octanol–water partition coefficient (Wildman–Crippen LogP) is 1.86. The van der Waals surface area contributed by atoms with Gasteiger partial charge in [-0.1, -0.05) is 19.8 Å². The topological polar surface area (TPSA) is 34.1 Å². The number of sulfone groups is 1. The molecule has 0 amide bonds. The molecule has 0 aromatic heterocycles. The lowest BCUT2D eigenvalue weighted by Crippen LogP contribution is -2.20. The molecule has 0 radical (unpaired) electrons. The van der Waals surface area contributed by atoms with Crippen molar-refractivity contribution in [3.05, 3.63) is 0 Å². The van der Waals surface area contributed by atoms with E-state index in [1.54, 1.807) is 0 Å². The van der Waals surface area contributed by atoms with E-state index in [1.165, 1.54) is 19.1 Å². The van der Waals surface area contributed by atoms with Crippen molar-refractivity contribution in [3.63, 3.8) is 0 Å². The molecule has 1 aliphatic carbocycles.